The minimum Gasteiger partial charge on any atom is -0.293 e. The maximum atomic E-state index is 11.4. The van der Waals surface area contributed by atoms with Crippen molar-refractivity contribution < 1.29 is 4.79 Å². The summed E-state index contributed by atoms with van der Waals surface area (Å²) >= 11 is 11.0. The molecule has 1 aromatic rings. The summed E-state index contributed by atoms with van der Waals surface area (Å²) in [6.45, 7) is 1.99. The van der Waals surface area contributed by atoms with Gasteiger partial charge in [-0.2, -0.15) is 0 Å². The van der Waals surface area contributed by atoms with Crippen molar-refractivity contribution in [3.05, 3.63) is 31.3 Å². The van der Waals surface area contributed by atoms with Gasteiger partial charge >= 0.3 is 0 Å². The molecule has 4 heteroatoms. The quantitative estimate of drug-likeness (QED) is 0.438. The van der Waals surface area contributed by atoms with E-state index in [0.29, 0.717) is 5.56 Å². The molecule has 1 aromatic carbocycles. The number of hydrogen-bond donors (Lipinski definition) is 0. The van der Waals surface area contributed by atoms with Gasteiger partial charge in [0.25, 0.3) is 0 Å². The molecule has 0 aromatic heterocycles. The van der Waals surface area contributed by atoms with Crippen LogP contribution in [0.2, 0.25) is 0 Å². The SMILES string of the molecule is Cc1cc(Br)c(C(=O)CCl)c(I)c1. The van der Waals surface area contributed by atoms with Gasteiger partial charge in [0.15, 0.2) is 5.78 Å². The molecule has 0 N–H and O–H groups in total. The highest BCUT2D eigenvalue weighted by Gasteiger charge is 2.13. The van der Waals surface area contributed by atoms with Crippen molar-refractivity contribution in [1.29, 1.82) is 0 Å². The predicted octanol–water partition coefficient (Wildman–Crippen LogP) is 3.78. The van der Waals surface area contributed by atoms with Crippen LogP contribution in [0, 0.1) is 10.5 Å². The highest BCUT2D eigenvalue weighted by Crippen LogP contribution is 2.25. The van der Waals surface area contributed by atoms with E-state index in [0.717, 1.165) is 13.6 Å². The molecule has 0 amide bonds. The Morgan fingerprint density at radius 3 is 2.69 bits per heavy atom. The average Bonchev–Trinajstić information content (AvgIpc) is 2.02. The van der Waals surface area contributed by atoms with E-state index in [9.17, 15) is 4.79 Å². The van der Waals surface area contributed by atoms with Gasteiger partial charge in [0.1, 0.15) is 0 Å². The van der Waals surface area contributed by atoms with Gasteiger partial charge in [-0.1, -0.05) is 0 Å². The second kappa shape index (κ2) is 4.75. The van der Waals surface area contributed by atoms with Gasteiger partial charge < -0.3 is 0 Å². The summed E-state index contributed by atoms with van der Waals surface area (Å²) in [7, 11) is 0. The van der Waals surface area contributed by atoms with Crippen LogP contribution in [0.1, 0.15) is 15.9 Å². The van der Waals surface area contributed by atoms with Crippen LogP contribution in [0.4, 0.5) is 0 Å². The number of carbonyl (C=O) groups is 1. The minimum atomic E-state index is -0.0436. The molecule has 70 valence electrons. The fraction of sp³-hybridized carbons (Fsp3) is 0.222. The monoisotopic (exact) mass is 372 g/mol. The smallest absolute Gasteiger partial charge is 0.179 e. The lowest BCUT2D eigenvalue weighted by atomic mass is 10.1. The lowest BCUT2D eigenvalue weighted by molar-refractivity contribution is 0.101. The molecule has 0 aliphatic rings. The largest absolute Gasteiger partial charge is 0.293 e. The van der Waals surface area contributed by atoms with E-state index in [-0.39, 0.29) is 11.7 Å². The Labute approximate surface area is 104 Å². The molecule has 0 fully saturated rings. The van der Waals surface area contributed by atoms with Gasteiger partial charge in [-0.25, -0.2) is 0 Å². The summed E-state index contributed by atoms with van der Waals surface area (Å²) in [6, 6.07) is 3.88. The molecule has 0 saturated heterocycles. The van der Waals surface area contributed by atoms with Gasteiger partial charge in [-0.3, -0.25) is 4.79 Å². The zero-order valence-corrected chi connectivity index (χ0v) is 11.4. The van der Waals surface area contributed by atoms with Crippen molar-refractivity contribution >= 4 is 55.9 Å². The molecule has 0 spiro atoms. The summed E-state index contributed by atoms with van der Waals surface area (Å²) in [5.41, 5.74) is 1.81. The fourth-order valence-electron chi connectivity index (χ4n) is 1.03. The van der Waals surface area contributed by atoms with Crippen molar-refractivity contribution in [2.75, 3.05) is 5.88 Å². The lowest BCUT2D eigenvalue weighted by Crippen LogP contribution is -2.04. The van der Waals surface area contributed by atoms with Crippen molar-refractivity contribution in [2.24, 2.45) is 0 Å². The fourth-order valence-corrected chi connectivity index (χ4v) is 3.42. The topological polar surface area (TPSA) is 17.1 Å². The number of alkyl halides is 1. The Morgan fingerprint density at radius 2 is 2.23 bits per heavy atom. The zero-order valence-electron chi connectivity index (χ0n) is 6.90. The number of rotatable bonds is 2. The molecule has 13 heavy (non-hydrogen) atoms. The van der Waals surface area contributed by atoms with E-state index in [1.165, 1.54) is 0 Å². The average molecular weight is 373 g/mol. The van der Waals surface area contributed by atoms with Crippen molar-refractivity contribution in [3.8, 4) is 0 Å². The van der Waals surface area contributed by atoms with E-state index in [1.54, 1.807) is 0 Å². The molecule has 0 radical (unpaired) electrons. The minimum absolute atomic E-state index is 0.0255. The normalized spacial score (nSPS) is 10.2. The number of Topliss-reactive ketones (excluding diaryl/α,β-unsaturated/α-hetero) is 1. The molecule has 0 saturated carbocycles. The first-order chi connectivity index (χ1) is 6.06. The highest BCUT2D eigenvalue weighted by molar-refractivity contribution is 14.1. The summed E-state index contributed by atoms with van der Waals surface area (Å²) < 4.78 is 1.76. The predicted molar refractivity (Wildman–Crippen MR) is 66.6 cm³/mol. The Balaban J connectivity index is 3.28. The standard InChI is InChI=1S/C9H7BrClIO/c1-5-2-6(10)9(7(12)3-5)8(13)4-11/h2-3H,4H2,1H3. The second-order valence-corrected chi connectivity index (χ2v) is 4.94. The van der Waals surface area contributed by atoms with Crippen molar-refractivity contribution in [1.82, 2.24) is 0 Å². The number of ketones is 1. The molecule has 0 bridgehead atoms. The Kier molecular flexibility index (Phi) is 4.19. The molecule has 0 unspecified atom stereocenters. The van der Waals surface area contributed by atoms with E-state index < -0.39 is 0 Å². The summed E-state index contributed by atoms with van der Waals surface area (Å²) in [5.74, 6) is -0.0181. The van der Waals surface area contributed by atoms with Gasteiger partial charge in [-0.05, 0) is 63.1 Å². The molecule has 1 nitrogen and oxygen atoms in total. The van der Waals surface area contributed by atoms with Gasteiger partial charge in [-0.15, -0.1) is 11.6 Å². The maximum absolute atomic E-state index is 11.4. The molecule has 0 atom stereocenters. The van der Waals surface area contributed by atoms with Crippen molar-refractivity contribution in [3.63, 3.8) is 0 Å². The first-order valence-electron chi connectivity index (χ1n) is 3.61. The summed E-state index contributed by atoms with van der Waals surface area (Å²) in [5, 5.41) is 0. The molecule has 0 aliphatic carbocycles. The number of carbonyl (C=O) groups excluding carboxylic acids is 1. The third-order valence-electron chi connectivity index (χ3n) is 1.59. The Bertz CT molecular complexity index is 328. The van der Waals surface area contributed by atoms with Crippen LogP contribution < -0.4 is 0 Å². The second-order valence-electron chi connectivity index (χ2n) is 2.66. The molecular formula is C9H7BrClIO. The first kappa shape index (κ1) is 11.5. The maximum Gasteiger partial charge on any atom is 0.179 e. The van der Waals surface area contributed by atoms with Gasteiger partial charge in [0, 0.05) is 13.6 Å². The molecular weight excluding hydrogens is 366 g/mol. The van der Waals surface area contributed by atoms with Crippen molar-refractivity contribution in [2.45, 2.75) is 6.92 Å². The Morgan fingerprint density at radius 1 is 1.62 bits per heavy atom. The Hall–Kier alpha value is 0.390. The molecule has 0 aliphatic heterocycles. The van der Waals surface area contributed by atoms with Crippen LogP contribution in [0.25, 0.3) is 0 Å². The van der Waals surface area contributed by atoms with Crippen LogP contribution in [-0.4, -0.2) is 11.7 Å². The van der Waals surface area contributed by atoms with E-state index in [1.807, 2.05) is 19.1 Å². The third-order valence-corrected chi connectivity index (χ3v) is 3.31. The van der Waals surface area contributed by atoms with Crippen LogP contribution in [0.3, 0.4) is 0 Å². The molecule has 0 heterocycles. The number of hydrogen-bond acceptors (Lipinski definition) is 1. The molecule has 1 rings (SSSR count). The number of benzene rings is 1. The van der Waals surface area contributed by atoms with E-state index in [4.69, 9.17) is 11.6 Å². The van der Waals surface area contributed by atoms with Gasteiger partial charge in [0.2, 0.25) is 0 Å². The van der Waals surface area contributed by atoms with E-state index >= 15 is 0 Å². The van der Waals surface area contributed by atoms with Crippen LogP contribution >= 0.6 is 50.1 Å². The number of aryl methyl sites for hydroxylation is 1. The van der Waals surface area contributed by atoms with Gasteiger partial charge in [0.05, 0.1) is 5.88 Å². The lowest BCUT2D eigenvalue weighted by Gasteiger charge is -2.05. The zero-order chi connectivity index (χ0) is 10.0. The first-order valence-corrected chi connectivity index (χ1v) is 6.01. The summed E-state index contributed by atoms with van der Waals surface area (Å²) in [4.78, 5) is 11.4. The number of halogens is 3. The van der Waals surface area contributed by atoms with Crippen LogP contribution in [0.15, 0.2) is 16.6 Å². The highest BCUT2D eigenvalue weighted by atomic mass is 127. The van der Waals surface area contributed by atoms with Crippen LogP contribution in [-0.2, 0) is 0 Å². The van der Waals surface area contributed by atoms with E-state index in [2.05, 4.69) is 38.5 Å². The summed E-state index contributed by atoms with van der Waals surface area (Å²) in [6.07, 6.45) is 0. The third kappa shape index (κ3) is 2.67. The van der Waals surface area contributed by atoms with Crippen LogP contribution in [0.5, 0.6) is 0 Å².